The molecule has 0 atom stereocenters. The molecule has 3 aromatic rings. The SMILES string of the molecule is COc1cccc(/C=N\n2cn[nH]c2=S)c1OCc1ccc(Cl)cc1. The van der Waals surface area contributed by atoms with E-state index in [0.29, 0.717) is 27.9 Å². The Morgan fingerprint density at radius 1 is 1.28 bits per heavy atom. The Morgan fingerprint density at radius 2 is 2.08 bits per heavy atom. The average molecular weight is 375 g/mol. The second-order valence-electron chi connectivity index (χ2n) is 5.04. The lowest BCUT2D eigenvalue weighted by molar-refractivity contribution is 0.284. The van der Waals surface area contributed by atoms with Crippen molar-refractivity contribution < 1.29 is 9.47 Å². The number of rotatable bonds is 6. The molecule has 128 valence electrons. The van der Waals surface area contributed by atoms with E-state index >= 15 is 0 Å². The van der Waals surface area contributed by atoms with Crippen molar-refractivity contribution in [3.8, 4) is 11.5 Å². The molecule has 6 nitrogen and oxygen atoms in total. The van der Waals surface area contributed by atoms with Crippen LogP contribution in [0.2, 0.25) is 5.02 Å². The van der Waals surface area contributed by atoms with Gasteiger partial charge in [-0.2, -0.15) is 14.9 Å². The fourth-order valence-electron chi connectivity index (χ4n) is 2.13. The highest BCUT2D eigenvalue weighted by Crippen LogP contribution is 2.31. The maximum Gasteiger partial charge on any atom is 0.216 e. The van der Waals surface area contributed by atoms with E-state index in [1.165, 1.54) is 11.0 Å². The summed E-state index contributed by atoms with van der Waals surface area (Å²) in [6.45, 7) is 0.378. The molecule has 0 aliphatic rings. The molecule has 0 aliphatic heterocycles. The van der Waals surface area contributed by atoms with Crippen LogP contribution in [0.4, 0.5) is 0 Å². The van der Waals surface area contributed by atoms with Crippen LogP contribution in [0.5, 0.6) is 11.5 Å². The largest absolute Gasteiger partial charge is 0.493 e. The van der Waals surface area contributed by atoms with Crippen molar-refractivity contribution in [2.24, 2.45) is 5.10 Å². The van der Waals surface area contributed by atoms with E-state index < -0.39 is 0 Å². The number of nitrogens with zero attached hydrogens (tertiary/aromatic N) is 3. The summed E-state index contributed by atoms with van der Waals surface area (Å²) >= 11 is 11.0. The van der Waals surface area contributed by atoms with E-state index in [1.54, 1.807) is 13.3 Å². The third-order valence-corrected chi connectivity index (χ3v) is 3.91. The van der Waals surface area contributed by atoms with Crippen LogP contribution in [-0.4, -0.2) is 28.2 Å². The number of nitrogens with one attached hydrogen (secondary N) is 1. The van der Waals surface area contributed by atoms with Crippen LogP contribution in [0.25, 0.3) is 0 Å². The third-order valence-electron chi connectivity index (χ3n) is 3.38. The molecule has 3 rings (SSSR count). The van der Waals surface area contributed by atoms with Crippen molar-refractivity contribution >= 4 is 30.0 Å². The summed E-state index contributed by atoms with van der Waals surface area (Å²) in [5.41, 5.74) is 1.76. The Balaban J connectivity index is 1.86. The number of para-hydroxylation sites is 1. The molecule has 1 heterocycles. The minimum atomic E-state index is 0.378. The molecule has 8 heteroatoms. The number of halogens is 1. The third kappa shape index (κ3) is 4.26. The molecular formula is C17H15ClN4O2S. The molecule has 1 N–H and O–H groups in total. The zero-order chi connectivity index (χ0) is 17.6. The van der Waals surface area contributed by atoms with Crippen molar-refractivity contribution in [2.75, 3.05) is 7.11 Å². The van der Waals surface area contributed by atoms with Crippen LogP contribution < -0.4 is 9.47 Å². The molecule has 0 aliphatic carbocycles. The number of H-pyrrole nitrogens is 1. The van der Waals surface area contributed by atoms with Gasteiger partial charge < -0.3 is 9.47 Å². The van der Waals surface area contributed by atoms with Gasteiger partial charge in [-0.3, -0.25) is 5.10 Å². The Hall–Kier alpha value is -2.64. The number of aromatic nitrogens is 3. The Labute approximate surface area is 154 Å². The zero-order valence-electron chi connectivity index (χ0n) is 13.3. The summed E-state index contributed by atoms with van der Waals surface area (Å²) in [5.74, 6) is 1.22. The van der Waals surface area contributed by atoms with E-state index in [1.807, 2.05) is 42.5 Å². The molecule has 0 radical (unpaired) electrons. The molecule has 0 amide bonds. The van der Waals surface area contributed by atoms with E-state index in [2.05, 4.69) is 15.3 Å². The standard InChI is InChI=1S/C17H15ClN4O2S/c1-23-15-4-2-3-13(9-20-22-11-19-21-17(22)25)16(15)24-10-12-5-7-14(18)8-6-12/h2-9,11H,10H2,1H3,(H,21,25)/b20-9-. The van der Waals surface area contributed by atoms with Gasteiger partial charge in [-0.05, 0) is 42.0 Å². The van der Waals surface area contributed by atoms with Crippen molar-refractivity contribution in [1.82, 2.24) is 14.9 Å². The van der Waals surface area contributed by atoms with Gasteiger partial charge in [-0.15, -0.1) is 0 Å². The zero-order valence-corrected chi connectivity index (χ0v) is 14.9. The quantitative estimate of drug-likeness (QED) is 0.522. The number of ether oxygens (including phenoxy) is 2. The Bertz CT molecular complexity index is 934. The molecule has 0 bridgehead atoms. The van der Waals surface area contributed by atoms with Crippen LogP contribution >= 0.6 is 23.8 Å². The first-order valence-electron chi connectivity index (χ1n) is 7.38. The van der Waals surface area contributed by atoms with Gasteiger partial charge in [0.25, 0.3) is 0 Å². The fourth-order valence-corrected chi connectivity index (χ4v) is 2.41. The molecule has 0 unspecified atom stereocenters. The number of aromatic amines is 1. The summed E-state index contributed by atoms with van der Waals surface area (Å²) in [7, 11) is 1.59. The number of methoxy groups -OCH3 is 1. The Kier molecular flexibility index (Phi) is 5.47. The van der Waals surface area contributed by atoms with Crippen LogP contribution in [0.3, 0.4) is 0 Å². The number of benzene rings is 2. The monoisotopic (exact) mass is 374 g/mol. The van der Waals surface area contributed by atoms with Gasteiger partial charge in [-0.25, -0.2) is 0 Å². The second kappa shape index (κ2) is 7.96. The normalized spacial score (nSPS) is 11.0. The predicted molar refractivity (Wildman–Crippen MR) is 99.2 cm³/mol. The lowest BCUT2D eigenvalue weighted by Crippen LogP contribution is -2.01. The van der Waals surface area contributed by atoms with Gasteiger partial charge in [0.05, 0.1) is 13.3 Å². The van der Waals surface area contributed by atoms with Crippen molar-refractivity contribution in [2.45, 2.75) is 6.61 Å². The topological polar surface area (TPSA) is 64.4 Å². The van der Waals surface area contributed by atoms with Crippen molar-refractivity contribution in [3.63, 3.8) is 0 Å². The average Bonchev–Trinajstić information content (AvgIpc) is 3.04. The van der Waals surface area contributed by atoms with Crippen LogP contribution in [0.1, 0.15) is 11.1 Å². The number of hydrogen-bond donors (Lipinski definition) is 1. The van der Waals surface area contributed by atoms with Gasteiger partial charge >= 0.3 is 0 Å². The lowest BCUT2D eigenvalue weighted by atomic mass is 10.2. The predicted octanol–water partition coefficient (Wildman–Crippen LogP) is 4.06. The van der Waals surface area contributed by atoms with Crippen LogP contribution in [0.15, 0.2) is 53.9 Å². The number of hydrogen-bond acceptors (Lipinski definition) is 5. The molecule has 2 aromatic carbocycles. The first kappa shape index (κ1) is 17.2. The smallest absolute Gasteiger partial charge is 0.216 e. The molecule has 0 saturated heterocycles. The van der Waals surface area contributed by atoms with Crippen molar-refractivity contribution in [3.05, 3.63) is 69.7 Å². The van der Waals surface area contributed by atoms with Crippen LogP contribution in [0, 0.1) is 4.77 Å². The maximum absolute atomic E-state index is 5.97. The molecule has 0 fully saturated rings. The molecule has 1 aromatic heterocycles. The summed E-state index contributed by atoms with van der Waals surface area (Å²) in [6, 6.07) is 13.1. The van der Waals surface area contributed by atoms with Gasteiger partial charge in [0.2, 0.25) is 4.77 Å². The lowest BCUT2D eigenvalue weighted by Gasteiger charge is -2.13. The first-order chi connectivity index (χ1) is 12.2. The van der Waals surface area contributed by atoms with Gasteiger partial charge in [0.15, 0.2) is 11.5 Å². The summed E-state index contributed by atoms with van der Waals surface area (Å²) in [6.07, 6.45) is 3.14. The molecule has 25 heavy (non-hydrogen) atoms. The fraction of sp³-hybridized carbons (Fsp3) is 0.118. The minimum Gasteiger partial charge on any atom is -0.493 e. The van der Waals surface area contributed by atoms with Crippen LogP contribution in [-0.2, 0) is 6.61 Å². The first-order valence-corrected chi connectivity index (χ1v) is 8.16. The van der Waals surface area contributed by atoms with E-state index in [9.17, 15) is 0 Å². The summed E-state index contributed by atoms with van der Waals surface area (Å²) in [4.78, 5) is 0. The van der Waals surface area contributed by atoms with Gasteiger partial charge in [0.1, 0.15) is 12.9 Å². The van der Waals surface area contributed by atoms with Gasteiger partial charge in [0, 0.05) is 10.6 Å². The second-order valence-corrected chi connectivity index (χ2v) is 5.87. The van der Waals surface area contributed by atoms with Crippen molar-refractivity contribution in [1.29, 1.82) is 0 Å². The summed E-state index contributed by atoms with van der Waals surface area (Å²) in [5, 5.41) is 11.4. The highest BCUT2D eigenvalue weighted by molar-refractivity contribution is 7.71. The molecule has 0 saturated carbocycles. The summed E-state index contributed by atoms with van der Waals surface area (Å²) < 4.78 is 13.2. The Morgan fingerprint density at radius 3 is 2.76 bits per heavy atom. The van der Waals surface area contributed by atoms with E-state index in [-0.39, 0.29) is 0 Å². The highest BCUT2D eigenvalue weighted by Gasteiger charge is 2.10. The molecule has 0 spiro atoms. The van der Waals surface area contributed by atoms with Gasteiger partial charge in [-0.1, -0.05) is 29.8 Å². The minimum absolute atomic E-state index is 0.378. The van der Waals surface area contributed by atoms with E-state index in [0.717, 1.165) is 11.1 Å². The van der Waals surface area contributed by atoms with E-state index in [4.69, 9.17) is 33.3 Å². The maximum atomic E-state index is 5.97. The molecular weight excluding hydrogens is 360 g/mol. The highest BCUT2D eigenvalue weighted by atomic mass is 35.5.